The van der Waals surface area contributed by atoms with Crippen molar-refractivity contribution in [3.8, 4) is 0 Å². The van der Waals surface area contributed by atoms with E-state index in [-0.39, 0.29) is 0 Å². The first-order chi connectivity index (χ1) is 12.7. The van der Waals surface area contributed by atoms with Crippen molar-refractivity contribution >= 4 is 0 Å². The summed E-state index contributed by atoms with van der Waals surface area (Å²) in [4.78, 5) is 5.06. The normalized spacial score (nSPS) is 16.8. The molecule has 26 heavy (non-hydrogen) atoms. The van der Waals surface area contributed by atoms with Gasteiger partial charge in [-0.3, -0.25) is 0 Å². The molecule has 2 rings (SSSR count). The van der Waals surface area contributed by atoms with Crippen LogP contribution in [0, 0.1) is 0 Å². The third-order valence-corrected chi connectivity index (χ3v) is 5.53. The summed E-state index contributed by atoms with van der Waals surface area (Å²) < 4.78 is 0. The number of rotatable bonds is 13. The molecule has 1 atom stereocenters. The Morgan fingerprint density at radius 2 is 1.42 bits per heavy atom. The highest BCUT2D eigenvalue weighted by atomic mass is 15.4. The summed E-state index contributed by atoms with van der Waals surface area (Å²) >= 11 is 0. The van der Waals surface area contributed by atoms with Crippen LogP contribution >= 0.6 is 0 Å². The van der Waals surface area contributed by atoms with Gasteiger partial charge in [-0.1, -0.05) is 88.6 Å². The van der Waals surface area contributed by atoms with Gasteiger partial charge in [0.2, 0.25) is 0 Å². The molecule has 1 aliphatic rings. The van der Waals surface area contributed by atoms with Gasteiger partial charge in [0.05, 0.1) is 0 Å². The van der Waals surface area contributed by atoms with Gasteiger partial charge in [-0.25, -0.2) is 0 Å². The number of hydrogen-bond donors (Lipinski definition) is 0. The summed E-state index contributed by atoms with van der Waals surface area (Å²) in [6, 6.07) is 11.4. The van der Waals surface area contributed by atoms with Crippen molar-refractivity contribution in [2.45, 2.75) is 104 Å². The molecular weight excluding hydrogens is 316 g/mol. The maximum atomic E-state index is 2.54. The van der Waals surface area contributed by atoms with Crippen LogP contribution in [0.4, 0.5) is 0 Å². The highest BCUT2D eigenvalue weighted by molar-refractivity contribution is 5.16. The topological polar surface area (TPSA) is 6.48 Å². The monoisotopic (exact) mass is 356 g/mol. The molecule has 2 heteroatoms. The van der Waals surface area contributed by atoms with Crippen LogP contribution in [0.3, 0.4) is 0 Å². The van der Waals surface area contributed by atoms with E-state index in [9.17, 15) is 0 Å². The minimum Gasteiger partial charge on any atom is -0.354 e. The van der Waals surface area contributed by atoms with Crippen molar-refractivity contribution in [1.82, 2.24) is 9.80 Å². The number of benzene rings is 1. The molecule has 0 spiro atoms. The summed E-state index contributed by atoms with van der Waals surface area (Å²) in [6.45, 7) is 7.92. The van der Waals surface area contributed by atoms with E-state index in [2.05, 4.69) is 73.3 Å². The zero-order valence-corrected chi connectivity index (χ0v) is 17.4. The summed E-state index contributed by atoms with van der Waals surface area (Å²) in [5.41, 5.74) is 1.40. The molecule has 1 aliphatic heterocycles. The predicted octanol–water partition coefficient (Wildman–Crippen LogP) is 6.93. The van der Waals surface area contributed by atoms with Crippen LogP contribution in [0.5, 0.6) is 0 Å². The van der Waals surface area contributed by atoms with Gasteiger partial charge in [-0.2, -0.15) is 0 Å². The standard InChI is InChI=1S/C24H40N2/c1-4-5-6-7-8-9-10-11-15-18-24-25(19-20-26(24)22(2)3)21-23-16-13-12-14-17-23/h12-14,16-17,19-20,22,24H,4-11,15,18,21H2,1-3H3. The van der Waals surface area contributed by atoms with E-state index in [4.69, 9.17) is 0 Å². The summed E-state index contributed by atoms with van der Waals surface area (Å²) in [5, 5.41) is 0. The fourth-order valence-electron chi connectivity index (χ4n) is 3.95. The highest BCUT2D eigenvalue weighted by Gasteiger charge is 2.27. The minimum absolute atomic E-state index is 0.528. The zero-order valence-electron chi connectivity index (χ0n) is 17.4. The smallest absolute Gasteiger partial charge is 0.101 e. The SMILES string of the molecule is CCCCCCCCCCCC1N(Cc2ccccc2)C=CN1C(C)C. The van der Waals surface area contributed by atoms with E-state index in [1.807, 2.05) is 0 Å². The van der Waals surface area contributed by atoms with Crippen LogP contribution in [-0.4, -0.2) is 22.0 Å². The molecule has 0 saturated carbocycles. The Kier molecular flexibility index (Phi) is 9.66. The van der Waals surface area contributed by atoms with Gasteiger partial charge in [0.1, 0.15) is 6.17 Å². The van der Waals surface area contributed by atoms with Crippen LogP contribution in [0.2, 0.25) is 0 Å². The lowest BCUT2D eigenvalue weighted by atomic mass is 10.1. The first-order valence-electron chi connectivity index (χ1n) is 11.0. The molecule has 0 bridgehead atoms. The maximum Gasteiger partial charge on any atom is 0.101 e. The van der Waals surface area contributed by atoms with Crippen LogP contribution in [0.1, 0.15) is 90.5 Å². The minimum atomic E-state index is 0.528. The van der Waals surface area contributed by atoms with Crippen molar-refractivity contribution < 1.29 is 0 Å². The predicted molar refractivity (Wildman–Crippen MR) is 114 cm³/mol. The quantitative estimate of drug-likeness (QED) is 0.353. The average molecular weight is 357 g/mol. The van der Waals surface area contributed by atoms with Gasteiger partial charge in [0.25, 0.3) is 0 Å². The molecule has 0 aromatic heterocycles. The van der Waals surface area contributed by atoms with Crippen LogP contribution in [-0.2, 0) is 6.54 Å². The number of unbranched alkanes of at least 4 members (excludes halogenated alkanes) is 8. The molecular formula is C24H40N2. The summed E-state index contributed by atoms with van der Waals surface area (Å²) in [6.07, 6.45) is 19.0. The lowest BCUT2D eigenvalue weighted by molar-refractivity contribution is 0.110. The Morgan fingerprint density at radius 1 is 0.808 bits per heavy atom. The lowest BCUT2D eigenvalue weighted by Crippen LogP contribution is -2.41. The van der Waals surface area contributed by atoms with E-state index in [0.717, 1.165) is 6.54 Å². The van der Waals surface area contributed by atoms with Gasteiger partial charge < -0.3 is 9.80 Å². The van der Waals surface area contributed by atoms with Crippen LogP contribution in [0.25, 0.3) is 0 Å². The maximum absolute atomic E-state index is 2.54. The first kappa shape index (κ1) is 20.9. The summed E-state index contributed by atoms with van der Waals surface area (Å²) in [5.74, 6) is 0. The molecule has 0 saturated heterocycles. The average Bonchev–Trinajstić information content (AvgIpc) is 3.04. The largest absolute Gasteiger partial charge is 0.354 e. The van der Waals surface area contributed by atoms with Crippen LogP contribution < -0.4 is 0 Å². The number of hydrogen-bond acceptors (Lipinski definition) is 2. The molecule has 0 aliphatic carbocycles. The third kappa shape index (κ3) is 7.05. The molecule has 0 N–H and O–H groups in total. The van der Waals surface area contributed by atoms with Gasteiger partial charge in [-0.15, -0.1) is 0 Å². The zero-order chi connectivity index (χ0) is 18.6. The van der Waals surface area contributed by atoms with E-state index in [0.29, 0.717) is 12.2 Å². The summed E-state index contributed by atoms with van der Waals surface area (Å²) in [7, 11) is 0. The second-order valence-corrected chi connectivity index (χ2v) is 8.09. The molecule has 1 aromatic rings. The second kappa shape index (κ2) is 12.0. The highest BCUT2D eigenvalue weighted by Crippen LogP contribution is 2.25. The lowest BCUT2D eigenvalue weighted by Gasteiger charge is -2.35. The Bertz CT molecular complexity index is 494. The Labute approximate surface area is 162 Å². The Balaban J connectivity index is 1.71. The van der Waals surface area contributed by atoms with E-state index in [1.54, 1.807) is 0 Å². The van der Waals surface area contributed by atoms with Crippen molar-refractivity contribution in [3.05, 3.63) is 48.3 Å². The van der Waals surface area contributed by atoms with Gasteiger partial charge >= 0.3 is 0 Å². The van der Waals surface area contributed by atoms with Crippen molar-refractivity contribution in [2.75, 3.05) is 0 Å². The van der Waals surface area contributed by atoms with E-state index < -0.39 is 0 Å². The van der Waals surface area contributed by atoms with Crippen molar-refractivity contribution in [1.29, 1.82) is 0 Å². The molecule has 0 radical (unpaired) electrons. The molecule has 1 aromatic carbocycles. The third-order valence-electron chi connectivity index (χ3n) is 5.53. The number of nitrogens with zero attached hydrogens (tertiary/aromatic N) is 2. The molecule has 0 fully saturated rings. The van der Waals surface area contributed by atoms with Gasteiger partial charge in [0, 0.05) is 25.0 Å². The molecule has 2 nitrogen and oxygen atoms in total. The molecule has 0 amide bonds. The first-order valence-corrected chi connectivity index (χ1v) is 11.0. The van der Waals surface area contributed by atoms with E-state index in [1.165, 1.54) is 69.8 Å². The second-order valence-electron chi connectivity index (χ2n) is 8.09. The van der Waals surface area contributed by atoms with Gasteiger partial charge in [-0.05, 0) is 32.3 Å². The Morgan fingerprint density at radius 3 is 2.04 bits per heavy atom. The van der Waals surface area contributed by atoms with Crippen molar-refractivity contribution in [2.24, 2.45) is 0 Å². The molecule has 1 heterocycles. The van der Waals surface area contributed by atoms with Crippen molar-refractivity contribution in [3.63, 3.8) is 0 Å². The van der Waals surface area contributed by atoms with Crippen LogP contribution in [0.15, 0.2) is 42.7 Å². The van der Waals surface area contributed by atoms with E-state index >= 15 is 0 Å². The molecule has 146 valence electrons. The fourth-order valence-corrected chi connectivity index (χ4v) is 3.95. The fraction of sp³-hybridized carbons (Fsp3) is 0.667. The molecule has 1 unspecified atom stereocenters. The van der Waals surface area contributed by atoms with Gasteiger partial charge in [0.15, 0.2) is 0 Å². The Hall–Kier alpha value is -1.44.